The summed E-state index contributed by atoms with van der Waals surface area (Å²) in [6.45, 7) is 4.19. The molecule has 22 heavy (non-hydrogen) atoms. The Bertz CT molecular complexity index is 537. The Kier molecular flexibility index (Phi) is 6.97. The van der Waals surface area contributed by atoms with Crippen LogP contribution < -0.4 is 4.90 Å². The molecule has 122 valence electrons. The van der Waals surface area contributed by atoms with Crippen molar-refractivity contribution in [1.82, 2.24) is 9.97 Å². The molecule has 9 heteroatoms. The van der Waals surface area contributed by atoms with Gasteiger partial charge in [-0.1, -0.05) is 13.8 Å². The average Bonchev–Trinajstić information content (AvgIpc) is 2.50. The van der Waals surface area contributed by atoms with Crippen LogP contribution in [-0.4, -0.2) is 40.6 Å². The minimum absolute atomic E-state index is 0.00526. The predicted molar refractivity (Wildman–Crippen MR) is 82.0 cm³/mol. The van der Waals surface area contributed by atoms with Gasteiger partial charge in [-0.2, -0.15) is 4.98 Å². The SMILES string of the molecule is CCC(CC)N(CCC(=O)OC)c1nc(Cl)ncc1[N+](=O)[O-]. The zero-order chi connectivity index (χ0) is 16.7. The zero-order valence-electron chi connectivity index (χ0n) is 12.8. The average molecular weight is 331 g/mol. The Balaban J connectivity index is 3.22. The van der Waals surface area contributed by atoms with Crippen LogP contribution in [0.2, 0.25) is 5.28 Å². The van der Waals surface area contributed by atoms with E-state index in [1.54, 1.807) is 4.90 Å². The fourth-order valence-corrected chi connectivity index (χ4v) is 2.32. The molecule has 0 radical (unpaired) electrons. The number of halogens is 1. The van der Waals surface area contributed by atoms with Gasteiger partial charge in [0.2, 0.25) is 11.1 Å². The first-order valence-electron chi connectivity index (χ1n) is 6.94. The molecule has 0 bridgehead atoms. The van der Waals surface area contributed by atoms with Gasteiger partial charge in [0.25, 0.3) is 0 Å². The van der Waals surface area contributed by atoms with Crippen LogP contribution in [0.15, 0.2) is 6.20 Å². The first kappa shape index (κ1) is 18.1. The molecular weight excluding hydrogens is 312 g/mol. The molecular formula is C13H19ClN4O4. The third-order valence-electron chi connectivity index (χ3n) is 3.36. The minimum Gasteiger partial charge on any atom is -0.469 e. The molecule has 0 aliphatic carbocycles. The van der Waals surface area contributed by atoms with Gasteiger partial charge >= 0.3 is 11.7 Å². The van der Waals surface area contributed by atoms with Crippen molar-refractivity contribution in [3.8, 4) is 0 Å². The van der Waals surface area contributed by atoms with Crippen LogP contribution >= 0.6 is 11.6 Å². The van der Waals surface area contributed by atoms with E-state index in [0.717, 1.165) is 19.0 Å². The van der Waals surface area contributed by atoms with Crippen LogP contribution in [0.5, 0.6) is 0 Å². The Hall–Kier alpha value is -1.96. The molecule has 1 aromatic rings. The lowest BCUT2D eigenvalue weighted by molar-refractivity contribution is -0.384. The lowest BCUT2D eigenvalue weighted by Crippen LogP contribution is -2.37. The highest BCUT2D eigenvalue weighted by atomic mass is 35.5. The largest absolute Gasteiger partial charge is 0.469 e. The second kappa shape index (κ2) is 8.47. The normalized spacial score (nSPS) is 10.6. The van der Waals surface area contributed by atoms with Gasteiger partial charge in [-0.3, -0.25) is 14.9 Å². The van der Waals surface area contributed by atoms with E-state index in [-0.39, 0.29) is 35.8 Å². The lowest BCUT2D eigenvalue weighted by Gasteiger charge is -2.30. The molecule has 8 nitrogen and oxygen atoms in total. The molecule has 0 unspecified atom stereocenters. The summed E-state index contributed by atoms with van der Waals surface area (Å²) in [4.78, 5) is 31.4. The summed E-state index contributed by atoms with van der Waals surface area (Å²) in [5.74, 6) is -0.263. The second-order valence-corrected chi connectivity index (χ2v) is 4.93. The standard InChI is InChI=1S/C13H19ClN4O4/c1-4-9(5-2)17(7-6-11(19)22-3)12-10(18(20)21)8-15-13(14)16-12/h8-9H,4-7H2,1-3H3. The van der Waals surface area contributed by atoms with Crippen LogP contribution in [0.1, 0.15) is 33.1 Å². The molecule has 0 aliphatic rings. The van der Waals surface area contributed by atoms with Crippen molar-refractivity contribution >= 4 is 29.1 Å². The third kappa shape index (κ3) is 4.52. The molecule has 0 fully saturated rings. The molecule has 0 amide bonds. The van der Waals surface area contributed by atoms with Crippen molar-refractivity contribution < 1.29 is 14.5 Å². The molecule has 0 saturated heterocycles. The number of nitrogens with zero attached hydrogens (tertiary/aromatic N) is 4. The summed E-state index contributed by atoms with van der Waals surface area (Å²) in [7, 11) is 1.30. The summed E-state index contributed by atoms with van der Waals surface area (Å²) >= 11 is 5.78. The molecule has 0 aliphatic heterocycles. The number of hydrogen-bond donors (Lipinski definition) is 0. The van der Waals surface area contributed by atoms with Crippen molar-refractivity contribution in [2.75, 3.05) is 18.6 Å². The Labute approximate surface area is 133 Å². The van der Waals surface area contributed by atoms with E-state index in [9.17, 15) is 14.9 Å². The molecule has 1 heterocycles. The van der Waals surface area contributed by atoms with Crippen molar-refractivity contribution in [1.29, 1.82) is 0 Å². The highest BCUT2D eigenvalue weighted by molar-refractivity contribution is 6.28. The summed E-state index contributed by atoms with van der Waals surface area (Å²) in [5.41, 5.74) is -0.235. The minimum atomic E-state index is -0.556. The smallest absolute Gasteiger partial charge is 0.329 e. The van der Waals surface area contributed by atoms with Crippen LogP contribution in [0.3, 0.4) is 0 Å². The van der Waals surface area contributed by atoms with Crippen LogP contribution in [0.25, 0.3) is 0 Å². The predicted octanol–water partition coefficient (Wildman–Crippen LogP) is 2.60. The number of ether oxygens (including phenoxy) is 1. The van der Waals surface area contributed by atoms with Gasteiger partial charge in [0.05, 0.1) is 18.5 Å². The van der Waals surface area contributed by atoms with Gasteiger partial charge < -0.3 is 9.64 Å². The van der Waals surface area contributed by atoms with Crippen molar-refractivity contribution in [3.63, 3.8) is 0 Å². The van der Waals surface area contributed by atoms with E-state index in [2.05, 4.69) is 14.7 Å². The number of nitro groups is 1. The lowest BCUT2D eigenvalue weighted by atomic mass is 10.1. The Morgan fingerprint density at radius 1 is 1.50 bits per heavy atom. The monoisotopic (exact) mass is 330 g/mol. The summed E-state index contributed by atoms with van der Waals surface area (Å²) in [6, 6.07) is -0.00526. The number of hydrogen-bond acceptors (Lipinski definition) is 7. The number of carbonyl (C=O) groups is 1. The number of anilines is 1. The van der Waals surface area contributed by atoms with E-state index in [1.807, 2.05) is 13.8 Å². The number of rotatable bonds is 8. The summed E-state index contributed by atoms with van der Waals surface area (Å²) in [6.07, 6.45) is 2.68. The highest BCUT2D eigenvalue weighted by Gasteiger charge is 2.27. The maximum absolute atomic E-state index is 11.4. The van der Waals surface area contributed by atoms with E-state index in [0.29, 0.717) is 0 Å². The number of esters is 1. The van der Waals surface area contributed by atoms with E-state index < -0.39 is 10.9 Å². The Morgan fingerprint density at radius 2 is 2.14 bits per heavy atom. The number of carbonyl (C=O) groups excluding carboxylic acids is 1. The van der Waals surface area contributed by atoms with Crippen LogP contribution in [-0.2, 0) is 9.53 Å². The second-order valence-electron chi connectivity index (χ2n) is 4.59. The molecule has 0 N–H and O–H groups in total. The highest BCUT2D eigenvalue weighted by Crippen LogP contribution is 2.29. The fourth-order valence-electron chi connectivity index (χ4n) is 2.19. The van der Waals surface area contributed by atoms with Crippen molar-refractivity contribution in [2.45, 2.75) is 39.2 Å². The van der Waals surface area contributed by atoms with Gasteiger partial charge in [-0.15, -0.1) is 0 Å². The van der Waals surface area contributed by atoms with Crippen molar-refractivity contribution in [3.05, 3.63) is 21.6 Å². The first-order chi connectivity index (χ1) is 10.4. The first-order valence-corrected chi connectivity index (χ1v) is 7.32. The molecule has 0 atom stereocenters. The van der Waals surface area contributed by atoms with E-state index >= 15 is 0 Å². The maximum atomic E-state index is 11.4. The van der Waals surface area contributed by atoms with Crippen LogP contribution in [0, 0.1) is 10.1 Å². The quantitative estimate of drug-likeness (QED) is 0.312. The molecule has 0 saturated carbocycles. The number of aromatic nitrogens is 2. The zero-order valence-corrected chi connectivity index (χ0v) is 13.5. The summed E-state index contributed by atoms with van der Waals surface area (Å²) in [5, 5.41) is 11.1. The van der Waals surface area contributed by atoms with Gasteiger partial charge in [0, 0.05) is 12.6 Å². The van der Waals surface area contributed by atoms with Gasteiger partial charge in [-0.05, 0) is 24.4 Å². The number of methoxy groups -OCH3 is 1. The van der Waals surface area contributed by atoms with E-state index in [1.165, 1.54) is 7.11 Å². The molecule has 1 rings (SSSR count). The Morgan fingerprint density at radius 3 is 2.64 bits per heavy atom. The molecule has 0 spiro atoms. The summed E-state index contributed by atoms with van der Waals surface area (Å²) < 4.78 is 4.63. The van der Waals surface area contributed by atoms with Gasteiger partial charge in [0.15, 0.2) is 0 Å². The fraction of sp³-hybridized carbons (Fsp3) is 0.615. The molecule has 0 aromatic carbocycles. The maximum Gasteiger partial charge on any atom is 0.329 e. The molecule has 1 aromatic heterocycles. The van der Waals surface area contributed by atoms with Gasteiger partial charge in [0.1, 0.15) is 6.20 Å². The van der Waals surface area contributed by atoms with Gasteiger partial charge in [-0.25, -0.2) is 4.98 Å². The topological polar surface area (TPSA) is 98.5 Å². The third-order valence-corrected chi connectivity index (χ3v) is 3.54. The van der Waals surface area contributed by atoms with Crippen LogP contribution in [0.4, 0.5) is 11.5 Å². The van der Waals surface area contributed by atoms with E-state index in [4.69, 9.17) is 11.6 Å². The van der Waals surface area contributed by atoms with Crippen molar-refractivity contribution in [2.24, 2.45) is 0 Å².